The van der Waals surface area contributed by atoms with Crippen molar-refractivity contribution in [1.82, 2.24) is 9.78 Å². The number of aromatic nitrogens is 2. The first kappa shape index (κ1) is 16.0. The summed E-state index contributed by atoms with van der Waals surface area (Å²) < 4.78 is 1.84. The summed E-state index contributed by atoms with van der Waals surface area (Å²) in [6.45, 7) is 3.97. The summed E-state index contributed by atoms with van der Waals surface area (Å²) in [6.07, 6.45) is 0. The van der Waals surface area contributed by atoms with Crippen molar-refractivity contribution in [3.8, 4) is 5.69 Å². The minimum Gasteiger partial charge on any atom is -0.309 e. The molecule has 1 N–H and O–H groups in total. The quantitative estimate of drug-likeness (QED) is 0.748. The molecule has 1 amide bonds. The van der Waals surface area contributed by atoms with Crippen LogP contribution in [0.5, 0.6) is 0 Å². The molecular weight excluding hydrogens is 330 g/mol. The zero-order chi connectivity index (χ0) is 17.4. The maximum atomic E-state index is 12.6. The zero-order valence-corrected chi connectivity index (χ0v) is 15.0. The fourth-order valence-electron chi connectivity index (χ4n) is 3.15. The number of aryl methyl sites for hydroxylation is 1. The molecule has 2 heterocycles. The molecule has 0 spiro atoms. The monoisotopic (exact) mass is 349 g/mol. The van der Waals surface area contributed by atoms with E-state index in [1.807, 2.05) is 67.1 Å². The van der Waals surface area contributed by atoms with Gasteiger partial charge in [0.2, 0.25) is 5.91 Å². The molecule has 2 aromatic carbocycles. The number of hydrogen-bond donors (Lipinski definition) is 1. The summed E-state index contributed by atoms with van der Waals surface area (Å²) >= 11 is 1.67. The maximum absolute atomic E-state index is 12.6. The number of amides is 1. The number of hydrogen-bond acceptors (Lipinski definition) is 3. The van der Waals surface area contributed by atoms with Crippen LogP contribution in [0.3, 0.4) is 0 Å². The summed E-state index contributed by atoms with van der Waals surface area (Å²) in [6, 6.07) is 20.2. The second-order valence-electron chi connectivity index (χ2n) is 6.15. The third kappa shape index (κ3) is 2.85. The van der Waals surface area contributed by atoms with Crippen LogP contribution in [0.25, 0.3) is 5.69 Å². The van der Waals surface area contributed by atoms with Crippen molar-refractivity contribution in [3.63, 3.8) is 0 Å². The molecule has 4 rings (SSSR count). The molecule has 4 nitrogen and oxygen atoms in total. The Kier molecular flexibility index (Phi) is 4.09. The van der Waals surface area contributed by atoms with Gasteiger partial charge in [0.15, 0.2) is 0 Å². The van der Waals surface area contributed by atoms with Gasteiger partial charge in [-0.2, -0.15) is 5.10 Å². The van der Waals surface area contributed by atoms with Crippen molar-refractivity contribution in [2.45, 2.75) is 24.3 Å². The van der Waals surface area contributed by atoms with Crippen molar-refractivity contribution in [1.29, 1.82) is 0 Å². The number of nitrogens with zero attached hydrogens (tertiary/aromatic N) is 2. The summed E-state index contributed by atoms with van der Waals surface area (Å²) in [4.78, 5) is 12.6. The Morgan fingerprint density at radius 3 is 2.36 bits per heavy atom. The lowest BCUT2D eigenvalue weighted by Crippen LogP contribution is -2.22. The van der Waals surface area contributed by atoms with Gasteiger partial charge in [-0.25, -0.2) is 4.68 Å². The van der Waals surface area contributed by atoms with Crippen LogP contribution in [0.2, 0.25) is 0 Å². The first-order valence-electron chi connectivity index (χ1n) is 8.31. The van der Waals surface area contributed by atoms with Crippen LogP contribution in [0.4, 0.5) is 5.82 Å². The Morgan fingerprint density at radius 1 is 1.04 bits per heavy atom. The van der Waals surface area contributed by atoms with E-state index in [2.05, 4.69) is 17.4 Å². The highest BCUT2D eigenvalue weighted by atomic mass is 32.2. The number of carbonyl (C=O) groups is 1. The van der Waals surface area contributed by atoms with Crippen molar-refractivity contribution >= 4 is 23.5 Å². The molecule has 2 atom stereocenters. The highest BCUT2D eigenvalue weighted by Gasteiger charge is 2.33. The normalized spacial score (nSPS) is 19.8. The Bertz CT molecular complexity index is 905. The van der Waals surface area contributed by atoms with Crippen LogP contribution in [-0.4, -0.2) is 20.9 Å². The topological polar surface area (TPSA) is 46.9 Å². The van der Waals surface area contributed by atoms with Crippen LogP contribution in [-0.2, 0) is 4.79 Å². The molecular formula is C20H19N3OS. The van der Waals surface area contributed by atoms with Gasteiger partial charge >= 0.3 is 0 Å². The number of anilines is 1. The number of benzene rings is 2. The van der Waals surface area contributed by atoms with E-state index in [9.17, 15) is 4.79 Å². The van der Waals surface area contributed by atoms with Gasteiger partial charge in [-0.1, -0.05) is 48.5 Å². The third-order valence-corrected chi connectivity index (χ3v) is 5.83. The van der Waals surface area contributed by atoms with Crippen LogP contribution in [0.1, 0.15) is 29.0 Å². The first-order valence-corrected chi connectivity index (χ1v) is 9.25. The predicted octanol–water partition coefficient (Wildman–Crippen LogP) is 4.34. The summed E-state index contributed by atoms with van der Waals surface area (Å²) in [7, 11) is 0. The van der Waals surface area contributed by atoms with Gasteiger partial charge in [0.25, 0.3) is 0 Å². The molecule has 0 radical (unpaired) electrons. The van der Waals surface area contributed by atoms with E-state index in [-0.39, 0.29) is 16.4 Å². The SMILES string of the molecule is Cc1nn(-c2ccccc2)c2c1[C@H](c1ccccc1)S[C@@H](C)C(=O)N2. The standard InChI is InChI=1S/C20H19N3OS/c1-13-17-18(15-9-5-3-6-10-15)25-14(2)20(24)21-19(17)23(22-13)16-11-7-4-8-12-16/h3-12,14,18H,1-2H3,(H,21,24)/t14-,18-/m0/s1. The van der Waals surface area contributed by atoms with Crippen LogP contribution >= 0.6 is 11.8 Å². The molecule has 126 valence electrons. The number of fused-ring (bicyclic) bond motifs is 1. The Hall–Kier alpha value is -2.53. The molecule has 0 fully saturated rings. The van der Waals surface area contributed by atoms with Gasteiger partial charge < -0.3 is 5.32 Å². The van der Waals surface area contributed by atoms with Gasteiger partial charge in [-0.05, 0) is 31.5 Å². The number of carbonyl (C=O) groups excluding carboxylic acids is 1. The van der Waals surface area contributed by atoms with Crippen LogP contribution in [0.15, 0.2) is 60.7 Å². The lowest BCUT2D eigenvalue weighted by atomic mass is 10.0. The summed E-state index contributed by atoms with van der Waals surface area (Å²) in [5.74, 6) is 0.793. The largest absolute Gasteiger partial charge is 0.309 e. The van der Waals surface area contributed by atoms with Crippen molar-refractivity contribution < 1.29 is 4.79 Å². The molecule has 1 aliphatic rings. The molecule has 0 unspecified atom stereocenters. The number of thioether (sulfide) groups is 1. The first-order chi connectivity index (χ1) is 12.1. The van der Waals surface area contributed by atoms with Crippen LogP contribution < -0.4 is 5.32 Å². The second-order valence-corrected chi connectivity index (χ2v) is 7.60. The Labute approximate surface area is 151 Å². The van der Waals surface area contributed by atoms with E-state index in [4.69, 9.17) is 5.10 Å². The number of para-hydroxylation sites is 1. The summed E-state index contributed by atoms with van der Waals surface area (Å²) in [5, 5.41) is 7.76. The van der Waals surface area contributed by atoms with E-state index < -0.39 is 0 Å². The van der Waals surface area contributed by atoms with Crippen molar-refractivity contribution in [3.05, 3.63) is 77.5 Å². The summed E-state index contributed by atoms with van der Waals surface area (Å²) in [5.41, 5.74) is 4.15. The second kappa shape index (κ2) is 6.41. The third-order valence-electron chi connectivity index (χ3n) is 4.42. The fourth-order valence-corrected chi connectivity index (χ4v) is 4.48. The van der Waals surface area contributed by atoms with E-state index in [0.717, 1.165) is 22.8 Å². The van der Waals surface area contributed by atoms with Crippen LogP contribution in [0, 0.1) is 6.92 Å². The van der Waals surface area contributed by atoms with E-state index >= 15 is 0 Å². The highest BCUT2D eigenvalue weighted by Crippen LogP contribution is 2.45. The molecule has 0 aliphatic carbocycles. The average Bonchev–Trinajstić information content (AvgIpc) is 2.89. The predicted molar refractivity (Wildman–Crippen MR) is 102 cm³/mol. The van der Waals surface area contributed by atoms with Gasteiger partial charge in [0.1, 0.15) is 5.82 Å². The van der Waals surface area contributed by atoms with Crippen molar-refractivity contribution in [2.24, 2.45) is 0 Å². The molecule has 25 heavy (non-hydrogen) atoms. The minimum atomic E-state index is -0.138. The zero-order valence-electron chi connectivity index (χ0n) is 14.1. The highest BCUT2D eigenvalue weighted by molar-refractivity contribution is 8.01. The fraction of sp³-hybridized carbons (Fsp3) is 0.200. The van der Waals surface area contributed by atoms with E-state index in [1.165, 1.54) is 5.56 Å². The average molecular weight is 349 g/mol. The molecule has 0 saturated carbocycles. The lowest BCUT2D eigenvalue weighted by molar-refractivity contribution is -0.115. The smallest absolute Gasteiger partial charge is 0.238 e. The molecule has 1 aliphatic heterocycles. The van der Waals surface area contributed by atoms with E-state index in [0.29, 0.717) is 0 Å². The van der Waals surface area contributed by atoms with Gasteiger partial charge in [0, 0.05) is 5.56 Å². The maximum Gasteiger partial charge on any atom is 0.238 e. The molecule has 1 aromatic heterocycles. The lowest BCUT2D eigenvalue weighted by Gasteiger charge is -2.17. The minimum absolute atomic E-state index is 0.0155. The van der Waals surface area contributed by atoms with E-state index in [1.54, 1.807) is 11.8 Å². The van der Waals surface area contributed by atoms with Gasteiger partial charge in [0.05, 0.1) is 21.9 Å². The molecule has 3 aromatic rings. The Morgan fingerprint density at radius 2 is 1.68 bits per heavy atom. The van der Waals surface area contributed by atoms with Gasteiger partial charge in [-0.3, -0.25) is 4.79 Å². The molecule has 0 saturated heterocycles. The number of rotatable bonds is 2. The van der Waals surface area contributed by atoms with Crippen molar-refractivity contribution in [2.75, 3.05) is 5.32 Å². The Balaban J connectivity index is 1.92. The number of nitrogens with one attached hydrogen (secondary N) is 1. The molecule has 0 bridgehead atoms. The molecule has 5 heteroatoms. The van der Waals surface area contributed by atoms with Gasteiger partial charge in [-0.15, -0.1) is 11.8 Å².